The largest absolute Gasteiger partial charge is 0.480 e. The van der Waals surface area contributed by atoms with Crippen LogP contribution >= 0.6 is 0 Å². The van der Waals surface area contributed by atoms with E-state index < -0.39 is 17.3 Å². The first-order valence-corrected chi connectivity index (χ1v) is 4.91. The fourth-order valence-corrected chi connectivity index (χ4v) is 0.963. The van der Waals surface area contributed by atoms with Crippen LogP contribution in [-0.2, 0) is 4.79 Å². The van der Waals surface area contributed by atoms with Crippen molar-refractivity contribution in [1.82, 2.24) is 0 Å². The average molecular weight is 231 g/mol. The minimum atomic E-state index is -1.67. The van der Waals surface area contributed by atoms with Crippen molar-refractivity contribution in [2.75, 3.05) is 6.54 Å². The van der Waals surface area contributed by atoms with Gasteiger partial charge in [-0.25, -0.2) is 9.18 Å². The summed E-state index contributed by atoms with van der Waals surface area (Å²) >= 11 is 0. The summed E-state index contributed by atoms with van der Waals surface area (Å²) in [5, 5.41) is 8.66. The second kappa shape index (κ2) is 6.22. The molecular formula is C10H18FN3O2. The second-order valence-corrected chi connectivity index (χ2v) is 3.81. The number of rotatable bonds is 6. The maximum Gasteiger partial charge on any atom is 0.327 e. The predicted molar refractivity (Wildman–Crippen MR) is 60.8 cm³/mol. The highest BCUT2D eigenvalue weighted by Crippen LogP contribution is 2.12. The molecule has 5 N–H and O–H groups in total. The van der Waals surface area contributed by atoms with Crippen molar-refractivity contribution in [3.8, 4) is 0 Å². The van der Waals surface area contributed by atoms with Crippen LogP contribution in [0.3, 0.4) is 0 Å². The lowest BCUT2D eigenvalue weighted by atomic mass is 10.0. The van der Waals surface area contributed by atoms with E-state index >= 15 is 0 Å². The predicted octanol–water partition coefficient (Wildman–Crippen LogP) is 0.799. The van der Waals surface area contributed by atoms with Gasteiger partial charge in [0.2, 0.25) is 0 Å². The van der Waals surface area contributed by atoms with Crippen LogP contribution in [-0.4, -0.2) is 29.0 Å². The van der Waals surface area contributed by atoms with Crippen molar-refractivity contribution in [1.29, 1.82) is 0 Å². The molecule has 0 spiro atoms. The van der Waals surface area contributed by atoms with Gasteiger partial charge in [0.05, 0.1) is 11.7 Å². The van der Waals surface area contributed by atoms with Gasteiger partial charge in [-0.1, -0.05) is 0 Å². The maximum atomic E-state index is 13.2. The first-order valence-electron chi connectivity index (χ1n) is 4.91. The molecule has 0 bridgehead atoms. The number of aliphatic carboxylic acids is 1. The molecule has 0 saturated heterocycles. The van der Waals surface area contributed by atoms with Crippen LogP contribution in [0.5, 0.6) is 0 Å². The van der Waals surface area contributed by atoms with Gasteiger partial charge in [0.15, 0.2) is 0 Å². The molecule has 0 aliphatic rings. The van der Waals surface area contributed by atoms with Crippen molar-refractivity contribution in [3.05, 3.63) is 11.9 Å². The minimum Gasteiger partial charge on any atom is -0.480 e. The van der Waals surface area contributed by atoms with Crippen LogP contribution in [0.2, 0.25) is 0 Å². The highest BCUT2D eigenvalue weighted by atomic mass is 19.1. The Balaban J connectivity index is 4.16. The fraction of sp³-hybridized carbons (Fsp3) is 0.600. The number of hydrogen-bond donors (Lipinski definition) is 3. The first-order chi connectivity index (χ1) is 7.25. The Labute approximate surface area is 94.0 Å². The van der Waals surface area contributed by atoms with Gasteiger partial charge in [0.25, 0.3) is 0 Å². The van der Waals surface area contributed by atoms with Gasteiger partial charge in [-0.3, -0.25) is 4.99 Å². The Kier molecular flexibility index (Phi) is 5.66. The molecule has 0 saturated carbocycles. The second-order valence-electron chi connectivity index (χ2n) is 3.81. The number of amidine groups is 1. The van der Waals surface area contributed by atoms with E-state index in [1.165, 1.54) is 6.92 Å². The van der Waals surface area contributed by atoms with Crippen LogP contribution in [0.1, 0.15) is 26.7 Å². The van der Waals surface area contributed by atoms with Gasteiger partial charge in [-0.2, -0.15) is 0 Å². The summed E-state index contributed by atoms with van der Waals surface area (Å²) in [6, 6.07) is 0. The molecular weight excluding hydrogens is 213 g/mol. The zero-order valence-corrected chi connectivity index (χ0v) is 9.53. The van der Waals surface area contributed by atoms with Gasteiger partial charge >= 0.3 is 5.97 Å². The fourth-order valence-electron chi connectivity index (χ4n) is 0.963. The summed E-state index contributed by atoms with van der Waals surface area (Å²) < 4.78 is 13.2. The number of halogens is 1. The SMILES string of the molecule is CC(N)=NCCCC(F)=C[C@](C)(N)C(=O)O. The normalized spacial score (nSPS) is 17.0. The Bertz CT molecular complexity index is 307. The number of nitrogens with zero attached hydrogens (tertiary/aromatic N) is 1. The minimum absolute atomic E-state index is 0.108. The van der Waals surface area contributed by atoms with Gasteiger partial charge in [0, 0.05) is 13.0 Å². The molecule has 0 aliphatic heterocycles. The molecule has 1 atom stereocenters. The van der Waals surface area contributed by atoms with E-state index in [4.69, 9.17) is 16.6 Å². The number of carboxylic acids is 1. The Morgan fingerprint density at radius 3 is 2.62 bits per heavy atom. The van der Waals surface area contributed by atoms with Crippen molar-refractivity contribution in [3.63, 3.8) is 0 Å². The van der Waals surface area contributed by atoms with E-state index in [0.29, 0.717) is 18.8 Å². The number of allylic oxidation sites excluding steroid dienone is 1. The van der Waals surface area contributed by atoms with E-state index in [9.17, 15) is 9.18 Å². The Morgan fingerprint density at radius 2 is 2.19 bits per heavy atom. The number of hydrogen-bond acceptors (Lipinski definition) is 3. The van der Waals surface area contributed by atoms with Crippen LogP contribution < -0.4 is 11.5 Å². The van der Waals surface area contributed by atoms with Gasteiger partial charge in [0.1, 0.15) is 5.54 Å². The third-order valence-electron chi connectivity index (χ3n) is 1.85. The van der Waals surface area contributed by atoms with Crippen LogP contribution in [0, 0.1) is 0 Å². The zero-order chi connectivity index (χ0) is 12.8. The summed E-state index contributed by atoms with van der Waals surface area (Å²) in [6.45, 7) is 3.29. The standard InChI is InChI=1S/C10H18FN3O2/c1-7(12)14-5-3-4-8(11)6-10(2,13)9(15)16/h6H,3-5,13H2,1-2H3,(H2,12,14)(H,15,16)/t10-/m0/s1. The molecule has 6 heteroatoms. The highest BCUT2D eigenvalue weighted by molar-refractivity contribution is 5.80. The monoisotopic (exact) mass is 231 g/mol. The third-order valence-corrected chi connectivity index (χ3v) is 1.85. The maximum absolute atomic E-state index is 13.2. The van der Waals surface area contributed by atoms with E-state index in [1.807, 2.05) is 0 Å². The molecule has 0 rings (SSSR count). The number of carbonyl (C=O) groups is 1. The van der Waals surface area contributed by atoms with Crippen LogP contribution in [0.15, 0.2) is 16.9 Å². The van der Waals surface area contributed by atoms with Crippen molar-refractivity contribution < 1.29 is 14.3 Å². The molecule has 0 fully saturated rings. The molecule has 0 amide bonds. The summed E-state index contributed by atoms with van der Waals surface area (Å²) in [5.41, 5.74) is 8.97. The van der Waals surface area contributed by atoms with Crippen LogP contribution in [0.4, 0.5) is 4.39 Å². The smallest absolute Gasteiger partial charge is 0.327 e. The van der Waals surface area contributed by atoms with E-state index in [1.54, 1.807) is 6.92 Å². The van der Waals surface area contributed by atoms with Gasteiger partial charge < -0.3 is 16.6 Å². The highest BCUT2D eigenvalue weighted by Gasteiger charge is 2.25. The zero-order valence-electron chi connectivity index (χ0n) is 9.53. The van der Waals surface area contributed by atoms with E-state index in [0.717, 1.165) is 6.08 Å². The molecule has 0 aliphatic carbocycles. The number of aliphatic imine (C=N–C) groups is 1. The molecule has 0 radical (unpaired) electrons. The van der Waals surface area contributed by atoms with E-state index in [-0.39, 0.29) is 6.42 Å². The van der Waals surface area contributed by atoms with E-state index in [2.05, 4.69) is 4.99 Å². The lowest BCUT2D eigenvalue weighted by Gasteiger charge is -2.13. The Hall–Kier alpha value is -1.43. The number of nitrogens with two attached hydrogens (primary N) is 2. The Morgan fingerprint density at radius 1 is 1.62 bits per heavy atom. The molecule has 0 heterocycles. The van der Waals surface area contributed by atoms with Gasteiger partial charge in [-0.15, -0.1) is 0 Å². The third kappa shape index (κ3) is 6.13. The first kappa shape index (κ1) is 14.6. The molecule has 0 aromatic heterocycles. The molecule has 0 aromatic rings. The lowest BCUT2D eigenvalue weighted by molar-refractivity contribution is -0.140. The topological polar surface area (TPSA) is 102 Å². The molecule has 92 valence electrons. The molecule has 5 nitrogen and oxygen atoms in total. The van der Waals surface area contributed by atoms with Crippen molar-refractivity contribution in [2.45, 2.75) is 32.2 Å². The van der Waals surface area contributed by atoms with Crippen molar-refractivity contribution >= 4 is 11.8 Å². The summed E-state index contributed by atoms with van der Waals surface area (Å²) in [6.07, 6.45) is 1.48. The summed E-state index contributed by atoms with van der Waals surface area (Å²) in [4.78, 5) is 14.5. The van der Waals surface area contributed by atoms with Gasteiger partial charge in [-0.05, 0) is 26.3 Å². The van der Waals surface area contributed by atoms with Crippen LogP contribution in [0.25, 0.3) is 0 Å². The lowest BCUT2D eigenvalue weighted by Crippen LogP contribution is -2.42. The average Bonchev–Trinajstić information content (AvgIpc) is 2.11. The molecule has 0 aromatic carbocycles. The quantitative estimate of drug-likeness (QED) is 0.357. The summed E-state index contributed by atoms with van der Waals surface area (Å²) in [7, 11) is 0. The van der Waals surface area contributed by atoms with Crippen molar-refractivity contribution in [2.24, 2.45) is 16.5 Å². The number of carboxylic acid groups (broad SMARTS) is 1. The summed E-state index contributed by atoms with van der Waals surface area (Å²) in [5.74, 6) is -1.37. The molecule has 16 heavy (non-hydrogen) atoms. The molecule has 0 unspecified atom stereocenters.